The van der Waals surface area contributed by atoms with E-state index in [2.05, 4.69) is 4.74 Å². The molecule has 0 atom stereocenters. The number of hydrogen-bond donors (Lipinski definition) is 1. The Morgan fingerprint density at radius 2 is 2.00 bits per heavy atom. The molecule has 0 aromatic heterocycles. The first-order chi connectivity index (χ1) is 9.65. The standard InChI is InChI=1S/C16H15ClO3/c1-20-15(19)9-11-4-2-5-12(8-11)14-7-3-6-13(10-18)16(14)17/h2-8,18H,9-10H2,1H3. The molecular weight excluding hydrogens is 276 g/mol. The molecule has 0 fully saturated rings. The van der Waals surface area contributed by atoms with Gasteiger partial charge in [-0.1, -0.05) is 54.1 Å². The second kappa shape index (κ2) is 6.55. The maximum Gasteiger partial charge on any atom is 0.309 e. The van der Waals surface area contributed by atoms with Gasteiger partial charge in [0.2, 0.25) is 0 Å². The number of halogens is 1. The lowest BCUT2D eigenvalue weighted by Crippen LogP contribution is -2.04. The van der Waals surface area contributed by atoms with E-state index in [1.54, 1.807) is 6.07 Å². The maximum atomic E-state index is 11.3. The predicted molar refractivity (Wildman–Crippen MR) is 78.5 cm³/mol. The fourth-order valence-corrected chi connectivity index (χ4v) is 2.31. The first kappa shape index (κ1) is 14.6. The van der Waals surface area contributed by atoms with Crippen LogP contribution in [-0.2, 0) is 22.6 Å². The van der Waals surface area contributed by atoms with Crippen LogP contribution in [0.15, 0.2) is 42.5 Å². The molecule has 0 aliphatic rings. The zero-order chi connectivity index (χ0) is 14.5. The minimum absolute atomic E-state index is 0.103. The van der Waals surface area contributed by atoms with Gasteiger partial charge in [0.15, 0.2) is 0 Å². The molecule has 104 valence electrons. The van der Waals surface area contributed by atoms with Crippen molar-refractivity contribution >= 4 is 17.6 Å². The van der Waals surface area contributed by atoms with Crippen LogP contribution in [0.5, 0.6) is 0 Å². The highest BCUT2D eigenvalue weighted by Gasteiger charge is 2.09. The third-order valence-corrected chi connectivity index (χ3v) is 3.51. The Labute approximate surface area is 122 Å². The summed E-state index contributed by atoms with van der Waals surface area (Å²) >= 11 is 6.28. The summed E-state index contributed by atoms with van der Waals surface area (Å²) in [4.78, 5) is 11.3. The number of aliphatic hydroxyl groups excluding tert-OH is 1. The van der Waals surface area contributed by atoms with Crippen LogP contribution in [0.3, 0.4) is 0 Å². The van der Waals surface area contributed by atoms with Crippen molar-refractivity contribution in [3.63, 3.8) is 0 Å². The number of esters is 1. The molecule has 1 N–H and O–H groups in total. The molecule has 0 saturated heterocycles. The molecule has 0 spiro atoms. The van der Waals surface area contributed by atoms with Crippen molar-refractivity contribution < 1.29 is 14.6 Å². The highest BCUT2D eigenvalue weighted by atomic mass is 35.5. The van der Waals surface area contributed by atoms with Crippen LogP contribution in [0.25, 0.3) is 11.1 Å². The molecule has 2 aromatic carbocycles. The summed E-state index contributed by atoms with van der Waals surface area (Å²) in [6, 6.07) is 13.1. The molecule has 0 aliphatic heterocycles. The van der Waals surface area contributed by atoms with Crippen LogP contribution < -0.4 is 0 Å². The van der Waals surface area contributed by atoms with Crippen molar-refractivity contribution in [2.24, 2.45) is 0 Å². The third kappa shape index (κ3) is 3.18. The van der Waals surface area contributed by atoms with E-state index < -0.39 is 0 Å². The zero-order valence-electron chi connectivity index (χ0n) is 11.1. The topological polar surface area (TPSA) is 46.5 Å². The van der Waals surface area contributed by atoms with E-state index in [0.29, 0.717) is 10.6 Å². The van der Waals surface area contributed by atoms with Crippen molar-refractivity contribution in [2.75, 3.05) is 7.11 Å². The molecule has 0 saturated carbocycles. The molecule has 4 heteroatoms. The molecule has 20 heavy (non-hydrogen) atoms. The average Bonchev–Trinajstić information content (AvgIpc) is 2.47. The summed E-state index contributed by atoms with van der Waals surface area (Å²) in [5.74, 6) is -0.280. The van der Waals surface area contributed by atoms with Crippen LogP contribution in [0, 0.1) is 0 Å². The van der Waals surface area contributed by atoms with Gasteiger partial charge in [0.1, 0.15) is 0 Å². The molecule has 0 radical (unpaired) electrons. The SMILES string of the molecule is COC(=O)Cc1cccc(-c2cccc(CO)c2Cl)c1. The summed E-state index contributed by atoms with van der Waals surface area (Å²) in [6.07, 6.45) is 0.224. The Hall–Kier alpha value is -1.84. The van der Waals surface area contributed by atoms with E-state index in [1.807, 2.05) is 36.4 Å². The van der Waals surface area contributed by atoms with Gasteiger partial charge in [0.05, 0.1) is 25.2 Å². The van der Waals surface area contributed by atoms with E-state index in [4.69, 9.17) is 11.6 Å². The van der Waals surface area contributed by atoms with Crippen molar-refractivity contribution in [3.05, 3.63) is 58.6 Å². The minimum atomic E-state index is -0.280. The van der Waals surface area contributed by atoms with Gasteiger partial charge in [0.25, 0.3) is 0 Å². The number of ether oxygens (including phenoxy) is 1. The molecule has 2 aromatic rings. The summed E-state index contributed by atoms with van der Waals surface area (Å²) < 4.78 is 4.66. The van der Waals surface area contributed by atoms with Crippen LogP contribution >= 0.6 is 11.6 Å². The Morgan fingerprint density at radius 1 is 1.25 bits per heavy atom. The minimum Gasteiger partial charge on any atom is -0.469 e. The summed E-state index contributed by atoms with van der Waals surface area (Å²) in [6.45, 7) is -0.103. The van der Waals surface area contributed by atoms with E-state index in [9.17, 15) is 9.90 Å². The first-order valence-electron chi connectivity index (χ1n) is 6.20. The molecule has 0 heterocycles. The number of hydrogen-bond acceptors (Lipinski definition) is 3. The molecule has 0 aliphatic carbocycles. The molecule has 0 unspecified atom stereocenters. The third-order valence-electron chi connectivity index (χ3n) is 3.06. The van der Waals surface area contributed by atoms with Crippen molar-refractivity contribution in [3.8, 4) is 11.1 Å². The van der Waals surface area contributed by atoms with Gasteiger partial charge < -0.3 is 9.84 Å². The average molecular weight is 291 g/mol. The van der Waals surface area contributed by atoms with Gasteiger partial charge in [-0.15, -0.1) is 0 Å². The fraction of sp³-hybridized carbons (Fsp3) is 0.188. The lowest BCUT2D eigenvalue weighted by Gasteiger charge is -2.09. The highest BCUT2D eigenvalue weighted by molar-refractivity contribution is 6.34. The van der Waals surface area contributed by atoms with Crippen molar-refractivity contribution in [2.45, 2.75) is 13.0 Å². The van der Waals surface area contributed by atoms with E-state index in [0.717, 1.165) is 16.7 Å². The largest absolute Gasteiger partial charge is 0.469 e. The van der Waals surface area contributed by atoms with Crippen molar-refractivity contribution in [1.82, 2.24) is 0 Å². The fourth-order valence-electron chi connectivity index (χ4n) is 2.01. The van der Waals surface area contributed by atoms with Gasteiger partial charge in [-0.2, -0.15) is 0 Å². The quantitative estimate of drug-likeness (QED) is 0.880. The number of rotatable bonds is 4. The normalized spacial score (nSPS) is 10.3. The van der Waals surface area contributed by atoms with Crippen LogP contribution in [-0.4, -0.2) is 18.2 Å². The predicted octanol–water partition coefficient (Wildman–Crippen LogP) is 3.21. The van der Waals surface area contributed by atoms with E-state index in [-0.39, 0.29) is 19.0 Å². The van der Waals surface area contributed by atoms with E-state index >= 15 is 0 Å². The number of aliphatic hydroxyl groups is 1. The summed E-state index contributed by atoms with van der Waals surface area (Å²) in [5, 5.41) is 9.78. The highest BCUT2D eigenvalue weighted by Crippen LogP contribution is 2.31. The lowest BCUT2D eigenvalue weighted by atomic mass is 10.00. The van der Waals surface area contributed by atoms with Crippen LogP contribution in [0.4, 0.5) is 0 Å². The Balaban J connectivity index is 2.38. The molecule has 2 rings (SSSR count). The molecule has 0 bridgehead atoms. The van der Waals surface area contributed by atoms with Crippen LogP contribution in [0.1, 0.15) is 11.1 Å². The lowest BCUT2D eigenvalue weighted by molar-refractivity contribution is -0.139. The number of benzene rings is 2. The molecular formula is C16H15ClO3. The first-order valence-corrected chi connectivity index (χ1v) is 6.58. The zero-order valence-corrected chi connectivity index (χ0v) is 11.9. The van der Waals surface area contributed by atoms with Crippen molar-refractivity contribution in [1.29, 1.82) is 0 Å². The molecule has 3 nitrogen and oxygen atoms in total. The second-order valence-corrected chi connectivity index (χ2v) is 4.77. The van der Waals surface area contributed by atoms with Gasteiger partial charge in [0, 0.05) is 5.56 Å². The smallest absolute Gasteiger partial charge is 0.309 e. The summed E-state index contributed by atoms with van der Waals surface area (Å²) in [5.41, 5.74) is 3.29. The Bertz CT molecular complexity index is 623. The van der Waals surface area contributed by atoms with Gasteiger partial charge in [-0.25, -0.2) is 0 Å². The van der Waals surface area contributed by atoms with Gasteiger partial charge in [-0.3, -0.25) is 4.79 Å². The summed E-state index contributed by atoms with van der Waals surface area (Å²) in [7, 11) is 1.37. The Kier molecular flexibility index (Phi) is 4.77. The number of carbonyl (C=O) groups is 1. The van der Waals surface area contributed by atoms with Gasteiger partial charge in [-0.05, 0) is 16.7 Å². The monoisotopic (exact) mass is 290 g/mol. The van der Waals surface area contributed by atoms with Crippen LogP contribution in [0.2, 0.25) is 5.02 Å². The van der Waals surface area contributed by atoms with Gasteiger partial charge >= 0.3 is 5.97 Å². The second-order valence-electron chi connectivity index (χ2n) is 4.39. The number of carbonyl (C=O) groups excluding carboxylic acids is 1. The van der Waals surface area contributed by atoms with E-state index in [1.165, 1.54) is 7.11 Å². The maximum absolute atomic E-state index is 11.3. The Morgan fingerprint density at radius 3 is 2.70 bits per heavy atom. The number of methoxy groups -OCH3 is 1. The molecule has 0 amide bonds.